The van der Waals surface area contributed by atoms with Crippen molar-refractivity contribution in [3.05, 3.63) is 395 Å². The number of rotatable bonds is 41. The number of hydrogen-bond acceptors (Lipinski definition) is 11. The van der Waals surface area contributed by atoms with Crippen LogP contribution in [-0.2, 0) is 106 Å². The van der Waals surface area contributed by atoms with Gasteiger partial charge in [-0.05, 0) is 61.2 Å². The number of benzene rings is 11. The van der Waals surface area contributed by atoms with Gasteiger partial charge >= 0.3 is 0 Å². The molecule has 0 aliphatic carbocycles. The third kappa shape index (κ3) is 21.0. The Labute approximate surface area is 578 Å². The number of aliphatic hydroxyl groups is 1. The molecular weight excluding hydrogens is 1220 g/mol. The molecule has 0 saturated carbocycles. The molecule has 0 saturated heterocycles. The Hall–Kier alpha value is -9.02. The molecule has 0 amide bonds. The molecule has 11 aromatic rings. The van der Waals surface area contributed by atoms with Crippen LogP contribution in [0, 0.1) is 0 Å². The fraction of sp³-hybridized carbons (Fsp3) is 0.241. The van der Waals surface area contributed by atoms with Gasteiger partial charge in [0.2, 0.25) is 0 Å². The van der Waals surface area contributed by atoms with Crippen LogP contribution >= 0.6 is 0 Å². The molecule has 8 atom stereocenters. The van der Waals surface area contributed by atoms with Gasteiger partial charge in [0.15, 0.2) is 0 Å². The largest absolute Gasteiger partial charge is 0.394 e. The van der Waals surface area contributed by atoms with E-state index in [1.807, 2.05) is 261 Å². The molecule has 0 bridgehead atoms. The lowest BCUT2D eigenvalue weighted by Crippen LogP contribution is -2.54. The van der Waals surface area contributed by atoms with Gasteiger partial charge in [0.1, 0.15) is 54.4 Å². The van der Waals surface area contributed by atoms with Crippen molar-refractivity contribution in [1.29, 1.82) is 0 Å². The second-order valence-electron chi connectivity index (χ2n) is 24.2. The second-order valence-corrected chi connectivity index (χ2v) is 24.2. The molecule has 1 N–H and O–H groups in total. The Morgan fingerprint density at radius 3 is 0.622 bits per heavy atom. The monoisotopic (exact) mass is 1310 g/mol. The number of aliphatic hydroxyl groups excluding tert-OH is 1. The summed E-state index contributed by atoms with van der Waals surface area (Å²) < 4.78 is 72.9. The van der Waals surface area contributed by atoms with Crippen molar-refractivity contribution < 1.29 is 52.5 Å². The first-order valence-corrected chi connectivity index (χ1v) is 33.8. The highest BCUT2D eigenvalue weighted by atomic mass is 16.6. The molecule has 11 aromatic carbocycles. The Morgan fingerprint density at radius 2 is 0.398 bits per heavy atom. The molecule has 0 aromatic heterocycles. The van der Waals surface area contributed by atoms with E-state index in [2.05, 4.69) is 72.8 Å². The highest BCUT2D eigenvalue weighted by Gasteiger charge is 2.44. The van der Waals surface area contributed by atoms with Crippen LogP contribution in [0.5, 0.6) is 0 Å². The zero-order chi connectivity index (χ0) is 66.9. The lowest BCUT2D eigenvalue weighted by Gasteiger charge is -2.41. The van der Waals surface area contributed by atoms with Gasteiger partial charge in [0, 0.05) is 0 Å². The Kier molecular flexibility index (Phi) is 27.8. The van der Waals surface area contributed by atoms with Crippen molar-refractivity contribution >= 4 is 0 Å². The van der Waals surface area contributed by atoms with E-state index in [1.165, 1.54) is 0 Å². The van der Waals surface area contributed by atoms with E-state index in [9.17, 15) is 5.11 Å². The van der Waals surface area contributed by atoms with Crippen LogP contribution in [0.25, 0.3) is 0 Å². The van der Waals surface area contributed by atoms with Crippen molar-refractivity contribution in [2.75, 3.05) is 26.4 Å². The van der Waals surface area contributed by atoms with Crippen LogP contribution in [0.2, 0.25) is 0 Å². The summed E-state index contributed by atoms with van der Waals surface area (Å²) in [5.41, 5.74) is 9.23. The first kappa shape index (κ1) is 70.3. The summed E-state index contributed by atoms with van der Waals surface area (Å²) >= 11 is 0. The van der Waals surface area contributed by atoms with Crippen molar-refractivity contribution in [3.63, 3.8) is 0 Å². The van der Waals surface area contributed by atoms with Gasteiger partial charge in [-0.15, -0.1) is 0 Å². The maximum atomic E-state index is 11.6. The molecule has 11 rings (SSSR count). The van der Waals surface area contributed by atoms with E-state index in [0.29, 0.717) is 0 Å². The fourth-order valence-corrected chi connectivity index (χ4v) is 12.1. The summed E-state index contributed by atoms with van der Waals surface area (Å²) in [6.45, 7) is 1.12. The van der Waals surface area contributed by atoms with Crippen molar-refractivity contribution in [2.24, 2.45) is 0 Å². The summed E-state index contributed by atoms with van der Waals surface area (Å²) in [5, 5.41) is 11.6. The van der Waals surface area contributed by atoms with Crippen molar-refractivity contribution in [1.82, 2.24) is 0 Å². The topological polar surface area (TPSA) is 113 Å². The van der Waals surface area contributed by atoms with Gasteiger partial charge in [0.25, 0.3) is 0 Å². The average molecular weight is 1310 g/mol. The Balaban J connectivity index is 1.02. The first-order chi connectivity index (χ1) is 48.6. The lowest BCUT2D eigenvalue weighted by molar-refractivity contribution is -0.221. The molecule has 0 heterocycles. The SMILES string of the molecule is OC[C@H](OCc1ccccc1)C(OCc1ccccc1)[C@@H](OCc1ccccc1)[C@H](COC[C@@H](OCc1ccccc1)[C@@H](OCc1ccccc1)C(OCc1ccccc1)[C@@H](COC(c1ccccc1)(c1ccccc1)c1ccccc1)OCc1ccccc1)OCc1ccccc1. The third-order valence-corrected chi connectivity index (χ3v) is 17.2. The highest BCUT2D eigenvalue weighted by Crippen LogP contribution is 2.41. The molecule has 0 radical (unpaired) electrons. The van der Waals surface area contributed by atoms with Crippen LogP contribution in [-0.4, -0.2) is 80.4 Å². The third-order valence-electron chi connectivity index (χ3n) is 17.2. The van der Waals surface area contributed by atoms with Gasteiger partial charge in [0.05, 0.1) is 79.3 Å². The van der Waals surface area contributed by atoms with E-state index < -0.39 is 54.4 Å². The van der Waals surface area contributed by atoms with Gasteiger partial charge in [-0.25, -0.2) is 0 Å². The van der Waals surface area contributed by atoms with Crippen molar-refractivity contribution in [3.8, 4) is 0 Å². The molecular formula is C87H88O11. The molecule has 0 aliphatic heterocycles. The fourth-order valence-electron chi connectivity index (χ4n) is 12.1. The number of hydrogen-bond donors (Lipinski definition) is 1. The summed E-state index contributed by atoms with van der Waals surface area (Å²) in [4.78, 5) is 0. The van der Waals surface area contributed by atoms with Crippen LogP contribution in [0.4, 0.5) is 0 Å². The lowest BCUT2D eigenvalue weighted by atomic mass is 9.80. The van der Waals surface area contributed by atoms with Crippen LogP contribution < -0.4 is 0 Å². The zero-order valence-corrected chi connectivity index (χ0v) is 55.4. The molecule has 98 heavy (non-hydrogen) atoms. The first-order valence-electron chi connectivity index (χ1n) is 33.8. The van der Waals surface area contributed by atoms with Crippen LogP contribution in [0.15, 0.2) is 334 Å². The average Bonchev–Trinajstić information content (AvgIpc) is 0.759. The molecule has 0 spiro atoms. The second kappa shape index (κ2) is 38.8. The standard InChI is InChI=1S/C87H88O11/c88-56-79(90-57-68-34-12-1-13-35-68)83(94-61-72-42-20-5-21-43-72)84(95-62-73-44-22-6-23-45-73)80(91-58-69-36-14-2-15-37-69)65-89-66-81(92-59-70-38-16-3-17-39-70)85(96-63-74-46-24-7-25-47-74)86(97-64-75-48-26-8-27-49-75)82(93-60-71-40-18-4-19-41-71)67-98-87(76-50-28-9-29-51-76,77-52-30-10-31-53-77)78-54-32-11-33-55-78/h1-55,79-86,88H,56-67H2/t79-,80-,81+,82+,83?,84-,85+,86?/m0/s1. The molecule has 2 unspecified atom stereocenters. The van der Waals surface area contributed by atoms with Crippen LogP contribution in [0.1, 0.15) is 61.2 Å². The van der Waals surface area contributed by atoms with E-state index in [0.717, 1.165) is 61.2 Å². The summed E-state index contributed by atoms with van der Waals surface area (Å²) in [6, 6.07) is 112. The quantitative estimate of drug-likeness (QED) is 0.0370. The molecule has 0 aliphatic rings. The minimum absolute atomic E-state index is 0.0149. The van der Waals surface area contributed by atoms with Crippen molar-refractivity contribution in [2.45, 2.75) is 107 Å². The smallest absolute Gasteiger partial charge is 0.143 e. The maximum absolute atomic E-state index is 11.6. The molecule has 11 heteroatoms. The Bertz CT molecular complexity index is 3770. The maximum Gasteiger partial charge on any atom is 0.143 e. The summed E-state index contributed by atoms with van der Waals surface area (Å²) in [6.07, 6.45) is -7.10. The molecule has 11 nitrogen and oxygen atoms in total. The highest BCUT2D eigenvalue weighted by molar-refractivity contribution is 5.47. The summed E-state index contributed by atoms with van der Waals surface area (Å²) in [7, 11) is 0. The number of ether oxygens (including phenoxy) is 10. The minimum atomic E-state index is -1.13. The van der Waals surface area contributed by atoms with Gasteiger partial charge in [-0.1, -0.05) is 334 Å². The minimum Gasteiger partial charge on any atom is -0.394 e. The predicted octanol–water partition coefficient (Wildman–Crippen LogP) is 16.7. The molecule has 0 fully saturated rings. The predicted molar refractivity (Wildman–Crippen MR) is 383 cm³/mol. The van der Waals surface area contributed by atoms with Gasteiger partial charge in [-0.3, -0.25) is 0 Å². The van der Waals surface area contributed by atoms with E-state index in [4.69, 9.17) is 47.4 Å². The van der Waals surface area contributed by atoms with Gasteiger partial charge in [-0.2, -0.15) is 0 Å². The van der Waals surface area contributed by atoms with E-state index >= 15 is 0 Å². The van der Waals surface area contributed by atoms with Gasteiger partial charge < -0.3 is 52.5 Å². The van der Waals surface area contributed by atoms with E-state index in [1.54, 1.807) is 0 Å². The van der Waals surface area contributed by atoms with E-state index in [-0.39, 0.29) is 79.3 Å². The zero-order valence-electron chi connectivity index (χ0n) is 55.4. The normalized spacial score (nSPS) is 14.1. The molecule has 502 valence electrons. The van der Waals surface area contributed by atoms with Crippen LogP contribution in [0.3, 0.4) is 0 Å². The Morgan fingerprint density at radius 1 is 0.214 bits per heavy atom. The summed E-state index contributed by atoms with van der Waals surface area (Å²) in [5.74, 6) is 0.